The molecule has 0 radical (unpaired) electrons. The summed E-state index contributed by atoms with van der Waals surface area (Å²) in [5.41, 5.74) is 1.38. The minimum Gasteiger partial charge on any atom is -0.380 e. The molecule has 1 aromatic heterocycles. The molecule has 0 bridgehead atoms. The summed E-state index contributed by atoms with van der Waals surface area (Å²) in [5, 5.41) is 3.13. The molecule has 0 unspecified atom stereocenters. The molecular weight excluding hydrogens is 391 g/mol. The second kappa shape index (κ2) is 7.63. The largest absolute Gasteiger partial charge is 0.380 e. The molecule has 142 valence electrons. The van der Waals surface area contributed by atoms with Crippen LogP contribution < -0.4 is 10.0 Å². The molecule has 1 amide bonds. The fraction of sp³-hybridized carbons (Fsp3) is 0.167. The maximum Gasteiger partial charge on any atom is 0.266 e. The van der Waals surface area contributed by atoms with E-state index in [0.717, 1.165) is 6.26 Å². The van der Waals surface area contributed by atoms with Crippen LogP contribution in [-0.2, 0) is 21.4 Å². The van der Waals surface area contributed by atoms with Gasteiger partial charge in [-0.15, -0.1) is 11.3 Å². The van der Waals surface area contributed by atoms with Crippen molar-refractivity contribution in [2.24, 2.45) is 0 Å². The van der Waals surface area contributed by atoms with Gasteiger partial charge in [0.2, 0.25) is 10.0 Å². The van der Waals surface area contributed by atoms with Crippen molar-refractivity contribution in [3.8, 4) is 0 Å². The zero-order valence-electron chi connectivity index (χ0n) is 14.6. The Balaban J connectivity index is 1.88. The molecule has 0 saturated heterocycles. The first-order chi connectivity index (χ1) is 12.8. The predicted octanol–water partition coefficient (Wildman–Crippen LogP) is 3.81. The average molecular weight is 408 g/mol. The van der Waals surface area contributed by atoms with Crippen LogP contribution in [0, 0.1) is 5.82 Å². The standard InChI is InChI=1S/C18H17FN2O4S2/c1-25-10-13-16-14(19)4-3-5-15(16)26-17(13)18(22)20-11-6-8-12(9-7-11)21-27(2,23)24/h3-9,21H,10H2,1-2H3,(H,20,22). The summed E-state index contributed by atoms with van der Waals surface area (Å²) in [5.74, 6) is -0.780. The minimum atomic E-state index is -3.37. The highest BCUT2D eigenvalue weighted by Crippen LogP contribution is 2.34. The number of ether oxygens (including phenoxy) is 1. The summed E-state index contributed by atoms with van der Waals surface area (Å²) in [6, 6.07) is 10.9. The summed E-state index contributed by atoms with van der Waals surface area (Å²) in [6.07, 6.45) is 1.06. The van der Waals surface area contributed by atoms with Crippen molar-refractivity contribution in [3.63, 3.8) is 0 Å². The van der Waals surface area contributed by atoms with Crippen molar-refractivity contribution >= 4 is 48.7 Å². The van der Waals surface area contributed by atoms with Crippen LogP contribution in [0.15, 0.2) is 42.5 Å². The first-order valence-electron chi connectivity index (χ1n) is 7.86. The van der Waals surface area contributed by atoms with Crippen molar-refractivity contribution in [3.05, 3.63) is 58.7 Å². The number of hydrogen-bond donors (Lipinski definition) is 2. The van der Waals surface area contributed by atoms with E-state index in [2.05, 4.69) is 10.0 Å². The van der Waals surface area contributed by atoms with Gasteiger partial charge in [0.15, 0.2) is 0 Å². The van der Waals surface area contributed by atoms with Crippen LogP contribution in [0.3, 0.4) is 0 Å². The molecule has 0 spiro atoms. The molecule has 0 atom stereocenters. The van der Waals surface area contributed by atoms with Crippen LogP contribution in [0.25, 0.3) is 10.1 Å². The lowest BCUT2D eigenvalue weighted by Gasteiger charge is -2.08. The summed E-state index contributed by atoms with van der Waals surface area (Å²) in [6.45, 7) is 0.112. The van der Waals surface area contributed by atoms with Gasteiger partial charge in [-0.05, 0) is 36.4 Å². The second-order valence-electron chi connectivity index (χ2n) is 5.86. The zero-order valence-corrected chi connectivity index (χ0v) is 16.2. The van der Waals surface area contributed by atoms with Gasteiger partial charge in [0.05, 0.1) is 17.7 Å². The van der Waals surface area contributed by atoms with Crippen LogP contribution in [-0.4, -0.2) is 27.7 Å². The third-order valence-corrected chi connectivity index (χ3v) is 5.51. The summed E-state index contributed by atoms with van der Waals surface area (Å²) >= 11 is 1.19. The van der Waals surface area contributed by atoms with Crippen LogP contribution in [0.5, 0.6) is 0 Å². The lowest BCUT2D eigenvalue weighted by Crippen LogP contribution is -2.13. The number of amides is 1. The van der Waals surface area contributed by atoms with Gasteiger partial charge in [0, 0.05) is 34.1 Å². The monoisotopic (exact) mass is 408 g/mol. The molecule has 1 heterocycles. The Morgan fingerprint density at radius 3 is 2.44 bits per heavy atom. The SMILES string of the molecule is COCc1c(C(=O)Nc2ccc(NS(C)(=O)=O)cc2)sc2cccc(F)c12. The fourth-order valence-electron chi connectivity index (χ4n) is 2.66. The van der Waals surface area contributed by atoms with E-state index in [9.17, 15) is 17.6 Å². The zero-order chi connectivity index (χ0) is 19.6. The first kappa shape index (κ1) is 19.3. The summed E-state index contributed by atoms with van der Waals surface area (Å²) < 4.78 is 44.9. The number of methoxy groups -OCH3 is 1. The number of thiophene rings is 1. The quantitative estimate of drug-likeness (QED) is 0.650. The third kappa shape index (κ3) is 4.44. The molecule has 0 aliphatic carbocycles. The minimum absolute atomic E-state index is 0.112. The molecule has 2 N–H and O–H groups in total. The number of nitrogens with one attached hydrogen (secondary N) is 2. The number of carbonyl (C=O) groups is 1. The number of benzene rings is 2. The van der Waals surface area contributed by atoms with Gasteiger partial charge in [0.25, 0.3) is 5.91 Å². The van der Waals surface area contributed by atoms with E-state index < -0.39 is 15.8 Å². The van der Waals surface area contributed by atoms with E-state index in [1.165, 1.54) is 36.6 Å². The number of rotatable bonds is 6. The van der Waals surface area contributed by atoms with Gasteiger partial charge >= 0.3 is 0 Å². The predicted molar refractivity (Wildman–Crippen MR) is 105 cm³/mol. The van der Waals surface area contributed by atoms with Crippen molar-refractivity contribution in [2.75, 3.05) is 23.4 Å². The van der Waals surface area contributed by atoms with E-state index in [-0.39, 0.29) is 12.5 Å². The fourth-order valence-corrected chi connectivity index (χ4v) is 4.34. The molecule has 2 aromatic carbocycles. The maximum atomic E-state index is 14.2. The number of fused-ring (bicyclic) bond motifs is 1. The normalized spacial score (nSPS) is 11.5. The Bertz CT molecular complexity index is 1090. The van der Waals surface area contributed by atoms with Crippen molar-refractivity contribution in [1.29, 1.82) is 0 Å². The Hall–Kier alpha value is -2.49. The molecule has 0 fully saturated rings. The van der Waals surface area contributed by atoms with Gasteiger partial charge in [-0.1, -0.05) is 6.07 Å². The molecular formula is C18H17FN2O4S2. The van der Waals surface area contributed by atoms with Gasteiger partial charge < -0.3 is 10.1 Å². The molecule has 0 saturated carbocycles. The first-order valence-corrected chi connectivity index (χ1v) is 10.6. The number of sulfonamides is 1. The molecule has 0 aliphatic heterocycles. The molecule has 3 aromatic rings. The highest BCUT2D eigenvalue weighted by atomic mass is 32.2. The smallest absolute Gasteiger partial charge is 0.266 e. The number of anilines is 2. The Labute approximate surface area is 160 Å². The van der Waals surface area contributed by atoms with Gasteiger partial charge in [-0.3, -0.25) is 9.52 Å². The van der Waals surface area contributed by atoms with Crippen LogP contribution >= 0.6 is 11.3 Å². The van der Waals surface area contributed by atoms with Crippen LogP contribution in [0.4, 0.5) is 15.8 Å². The van der Waals surface area contributed by atoms with Crippen molar-refractivity contribution < 1.29 is 22.3 Å². The number of carbonyl (C=O) groups excluding carboxylic acids is 1. The van der Waals surface area contributed by atoms with E-state index in [4.69, 9.17) is 4.74 Å². The van der Waals surface area contributed by atoms with Gasteiger partial charge in [-0.25, -0.2) is 12.8 Å². The molecule has 0 aliphatic rings. The Morgan fingerprint density at radius 2 is 1.81 bits per heavy atom. The molecule has 9 heteroatoms. The Morgan fingerprint density at radius 1 is 1.15 bits per heavy atom. The second-order valence-corrected chi connectivity index (χ2v) is 8.66. The van der Waals surface area contributed by atoms with Crippen LogP contribution in [0.1, 0.15) is 15.2 Å². The highest BCUT2D eigenvalue weighted by Gasteiger charge is 2.20. The van der Waals surface area contributed by atoms with Crippen molar-refractivity contribution in [1.82, 2.24) is 0 Å². The summed E-state index contributed by atoms with van der Waals surface area (Å²) in [7, 11) is -1.89. The average Bonchev–Trinajstić information content (AvgIpc) is 2.96. The summed E-state index contributed by atoms with van der Waals surface area (Å²) in [4.78, 5) is 13.1. The lowest BCUT2D eigenvalue weighted by molar-refractivity contribution is 0.102. The maximum absolute atomic E-state index is 14.2. The van der Waals surface area contributed by atoms with Crippen LogP contribution in [0.2, 0.25) is 0 Å². The van der Waals surface area contributed by atoms with E-state index in [0.29, 0.717) is 31.9 Å². The third-order valence-electron chi connectivity index (χ3n) is 3.70. The lowest BCUT2D eigenvalue weighted by atomic mass is 10.1. The van der Waals surface area contributed by atoms with E-state index in [1.807, 2.05) is 0 Å². The molecule has 27 heavy (non-hydrogen) atoms. The number of halogens is 1. The van der Waals surface area contributed by atoms with E-state index >= 15 is 0 Å². The highest BCUT2D eigenvalue weighted by molar-refractivity contribution is 7.92. The molecule has 3 rings (SSSR count). The number of hydrogen-bond acceptors (Lipinski definition) is 5. The van der Waals surface area contributed by atoms with Gasteiger partial charge in [-0.2, -0.15) is 0 Å². The molecule has 6 nitrogen and oxygen atoms in total. The van der Waals surface area contributed by atoms with Crippen molar-refractivity contribution in [2.45, 2.75) is 6.61 Å². The van der Waals surface area contributed by atoms with E-state index in [1.54, 1.807) is 24.3 Å². The Kier molecular flexibility index (Phi) is 5.45. The van der Waals surface area contributed by atoms with Gasteiger partial charge in [0.1, 0.15) is 5.82 Å². The topological polar surface area (TPSA) is 84.5 Å².